The number of rotatable bonds is 6. The third kappa shape index (κ3) is 4.64. The van der Waals surface area contributed by atoms with Crippen molar-refractivity contribution < 1.29 is 24.2 Å². The van der Waals surface area contributed by atoms with Crippen molar-refractivity contribution in [1.29, 1.82) is 0 Å². The van der Waals surface area contributed by atoms with Gasteiger partial charge in [-0.25, -0.2) is 0 Å². The molecule has 0 bridgehead atoms. The fourth-order valence-electron chi connectivity index (χ4n) is 4.32. The topological polar surface area (TPSA) is 76.1 Å². The number of amides is 1. The summed E-state index contributed by atoms with van der Waals surface area (Å²) in [5.74, 6) is -0.293. The third-order valence-electron chi connectivity index (χ3n) is 5.97. The third-order valence-corrected chi connectivity index (χ3v) is 5.97. The molecule has 1 fully saturated rings. The van der Waals surface area contributed by atoms with Gasteiger partial charge in [0.15, 0.2) is 0 Å². The van der Waals surface area contributed by atoms with Gasteiger partial charge < -0.3 is 14.6 Å². The lowest BCUT2D eigenvalue weighted by molar-refractivity contribution is -0.132. The molecule has 6 heteroatoms. The molecule has 4 rings (SSSR count). The Bertz CT molecular complexity index is 1310. The van der Waals surface area contributed by atoms with Crippen molar-refractivity contribution in [2.45, 2.75) is 39.8 Å². The maximum atomic E-state index is 13.3. The maximum Gasteiger partial charge on any atom is 0.300 e. The van der Waals surface area contributed by atoms with Crippen LogP contribution in [-0.4, -0.2) is 30.0 Å². The number of carbonyl (C=O) groups excluding carboxylic acids is 2. The number of anilines is 1. The number of hydrogen-bond acceptors (Lipinski definition) is 5. The number of Topliss-reactive ketones (excluding diaryl/α,β-unsaturated/α-hetero) is 1. The second-order valence-corrected chi connectivity index (χ2v) is 8.93. The number of aryl methyl sites for hydroxylation is 2. The van der Waals surface area contributed by atoms with Gasteiger partial charge in [-0.05, 0) is 86.8 Å². The van der Waals surface area contributed by atoms with Crippen LogP contribution < -0.4 is 14.4 Å². The highest BCUT2D eigenvalue weighted by atomic mass is 16.5. The molecular weight excluding hydrogens is 442 g/mol. The average molecular weight is 472 g/mol. The molecule has 3 aromatic rings. The van der Waals surface area contributed by atoms with Crippen molar-refractivity contribution >= 4 is 23.1 Å². The second-order valence-electron chi connectivity index (χ2n) is 8.93. The first-order valence-electron chi connectivity index (χ1n) is 11.5. The van der Waals surface area contributed by atoms with Crippen molar-refractivity contribution in [1.82, 2.24) is 0 Å². The summed E-state index contributed by atoms with van der Waals surface area (Å²) in [6.07, 6.45) is 0.00266. The lowest BCUT2D eigenvalue weighted by Crippen LogP contribution is -2.29. The number of nitrogens with zero attached hydrogens (tertiary/aromatic N) is 1. The largest absolute Gasteiger partial charge is 0.507 e. The number of methoxy groups -OCH3 is 1. The maximum absolute atomic E-state index is 13.3. The normalized spacial score (nSPS) is 17.2. The molecule has 6 nitrogen and oxygen atoms in total. The molecule has 0 radical (unpaired) electrons. The van der Waals surface area contributed by atoms with Gasteiger partial charge in [0.2, 0.25) is 0 Å². The summed E-state index contributed by atoms with van der Waals surface area (Å²) in [5.41, 5.74) is 3.53. The molecule has 1 atom stereocenters. The molecule has 0 spiro atoms. The van der Waals surface area contributed by atoms with E-state index in [1.807, 2.05) is 45.9 Å². The summed E-state index contributed by atoms with van der Waals surface area (Å²) in [4.78, 5) is 28.1. The van der Waals surface area contributed by atoms with E-state index in [1.54, 1.807) is 55.6 Å². The quantitative estimate of drug-likeness (QED) is 0.282. The van der Waals surface area contributed by atoms with E-state index in [-0.39, 0.29) is 17.4 Å². The lowest BCUT2D eigenvalue weighted by atomic mass is 9.94. The molecule has 3 aromatic carbocycles. The van der Waals surface area contributed by atoms with Crippen molar-refractivity contribution in [3.63, 3.8) is 0 Å². The van der Waals surface area contributed by atoms with Gasteiger partial charge in [-0.2, -0.15) is 0 Å². The number of aliphatic hydroxyl groups excluding tert-OH is 1. The van der Waals surface area contributed by atoms with Crippen LogP contribution in [0.15, 0.2) is 72.3 Å². The summed E-state index contributed by atoms with van der Waals surface area (Å²) in [7, 11) is 1.57. The highest BCUT2D eigenvalue weighted by molar-refractivity contribution is 6.51. The zero-order valence-corrected chi connectivity index (χ0v) is 20.5. The van der Waals surface area contributed by atoms with Crippen LogP contribution in [0, 0.1) is 13.8 Å². The molecule has 1 heterocycles. The summed E-state index contributed by atoms with van der Waals surface area (Å²) in [6.45, 7) is 7.68. The van der Waals surface area contributed by atoms with Gasteiger partial charge in [-0.3, -0.25) is 14.5 Å². The van der Waals surface area contributed by atoms with Crippen LogP contribution in [0.3, 0.4) is 0 Å². The fraction of sp³-hybridized carbons (Fsp3) is 0.241. The minimum Gasteiger partial charge on any atom is -0.507 e. The van der Waals surface area contributed by atoms with E-state index in [1.165, 1.54) is 4.90 Å². The van der Waals surface area contributed by atoms with E-state index < -0.39 is 17.7 Å². The molecule has 0 aliphatic carbocycles. The van der Waals surface area contributed by atoms with Crippen LogP contribution in [-0.2, 0) is 9.59 Å². The van der Waals surface area contributed by atoms with Gasteiger partial charge in [0.1, 0.15) is 17.3 Å². The number of aliphatic hydroxyl groups is 1. The monoisotopic (exact) mass is 471 g/mol. The second kappa shape index (κ2) is 9.66. The first kappa shape index (κ1) is 24.1. The van der Waals surface area contributed by atoms with E-state index >= 15 is 0 Å². The van der Waals surface area contributed by atoms with Crippen molar-refractivity contribution in [2.75, 3.05) is 12.0 Å². The minimum absolute atomic E-state index is 0.00266. The standard InChI is InChI=1S/C29H29NO5/c1-17(2)35-24-14-11-21(16-19(24)4)27(31)25-26(20-9-12-23(34-5)13-10-20)30(29(33)28(25)32)22-8-6-7-18(3)15-22/h6-17,26,31H,1-5H3/b27-25-. The number of hydrogen-bond donors (Lipinski definition) is 1. The van der Waals surface area contributed by atoms with Crippen LogP contribution in [0.1, 0.15) is 42.1 Å². The molecule has 1 amide bonds. The Hall–Kier alpha value is -4.06. The van der Waals surface area contributed by atoms with Gasteiger partial charge in [-0.15, -0.1) is 0 Å². The van der Waals surface area contributed by atoms with E-state index in [4.69, 9.17) is 9.47 Å². The molecule has 1 unspecified atom stereocenters. The predicted octanol–water partition coefficient (Wildman–Crippen LogP) is 5.73. The minimum atomic E-state index is -0.797. The van der Waals surface area contributed by atoms with Crippen molar-refractivity contribution in [2.24, 2.45) is 0 Å². The number of benzene rings is 3. The van der Waals surface area contributed by atoms with E-state index in [0.29, 0.717) is 28.3 Å². The SMILES string of the molecule is COc1ccc(C2/C(=C(/O)c3ccc(OC(C)C)c(C)c3)C(=O)C(=O)N2c2cccc(C)c2)cc1. The van der Waals surface area contributed by atoms with Gasteiger partial charge in [0.05, 0.1) is 24.8 Å². The van der Waals surface area contributed by atoms with Crippen LogP contribution in [0.25, 0.3) is 5.76 Å². The molecule has 1 saturated heterocycles. The number of ether oxygens (including phenoxy) is 2. The molecule has 0 aromatic heterocycles. The first-order valence-corrected chi connectivity index (χ1v) is 11.5. The van der Waals surface area contributed by atoms with Crippen molar-refractivity contribution in [3.05, 3.63) is 94.6 Å². The van der Waals surface area contributed by atoms with E-state index in [2.05, 4.69) is 0 Å². The Morgan fingerprint density at radius 1 is 0.971 bits per heavy atom. The highest BCUT2D eigenvalue weighted by Gasteiger charge is 2.47. The van der Waals surface area contributed by atoms with Gasteiger partial charge in [0, 0.05) is 11.3 Å². The smallest absolute Gasteiger partial charge is 0.300 e. The molecule has 1 N–H and O–H groups in total. The summed E-state index contributed by atoms with van der Waals surface area (Å²) < 4.78 is 11.1. The van der Waals surface area contributed by atoms with E-state index in [0.717, 1.165) is 11.1 Å². The summed E-state index contributed by atoms with van der Waals surface area (Å²) in [5, 5.41) is 11.4. The van der Waals surface area contributed by atoms with Gasteiger partial charge in [-0.1, -0.05) is 24.3 Å². The summed E-state index contributed by atoms with van der Waals surface area (Å²) >= 11 is 0. The molecule has 0 saturated carbocycles. The molecule has 35 heavy (non-hydrogen) atoms. The highest BCUT2D eigenvalue weighted by Crippen LogP contribution is 2.43. The molecular formula is C29H29NO5. The Kier molecular flexibility index (Phi) is 6.65. The molecule has 180 valence electrons. The molecule has 1 aliphatic rings. The van der Waals surface area contributed by atoms with Crippen LogP contribution in [0.5, 0.6) is 11.5 Å². The van der Waals surface area contributed by atoms with Crippen LogP contribution in [0.4, 0.5) is 5.69 Å². The Balaban J connectivity index is 1.89. The average Bonchev–Trinajstić information content (AvgIpc) is 3.10. The van der Waals surface area contributed by atoms with Gasteiger partial charge in [0.25, 0.3) is 11.7 Å². The Morgan fingerprint density at radius 2 is 1.69 bits per heavy atom. The van der Waals surface area contributed by atoms with E-state index in [9.17, 15) is 14.7 Å². The molecule has 1 aliphatic heterocycles. The predicted molar refractivity (Wildman–Crippen MR) is 136 cm³/mol. The van der Waals surface area contributed by atoms with Crippen molar-refractivity contribution in [3.8, 4) is 11.5 Å². The number of ketones is 1. The Labute approximate surface area is 205 Å². The lowest BCUT2D eigenvalue weighted by Gasteiger charge is -2.26. The fourth-order valence-corrected chi connectivity index (χ4v) is 4.32. The van der Waals surface area contributed by atoms with Crippen LogP contribution >= 0.6 is 0 Å². The Morgan fingerprint density at radius 3 is 2.29 bits per heavy atom. The zero-order valence-electron chi connectivity index (χ0n) is 20.5. The first-order chi connectivity index (χ1) is 16.7. The number of carbonyl (C=O) groups is 2. The van der Waals surface area contributed by atoms with Gasteiger partial charge >= 0.3 is 0 Å². The van der Waals surface area contributed by atoms with Crippen LogP contribution in [0.2, 0.25) is 0 Å². The zero-order chi connectivity index (χ0) is 25.3. The summed E-state index contributed by atoms with van der Waals surface area (Å²) in [6, 6.07) is 19.0.